The van der Waals surface area contributed by atoms with E-state index in [0.717, 1.165) is 47.7 Å². The summed E-state index contributed by atoms with van der Waals surface area (Å²) < 4.78 is 65.2. The molecule has 0 aliphatic carbocycles. The van der Waals surface area contributed by atoms with Crippen LogP contribution in [0.1, 0.15) is 37.8 Å². The Kier molecular flexibility index (Phi) is 13.7. The summed E-state index contributed by atoms with van der Waals surface area (Å²) >= 11 is 0. The summed E-state index contributed by atoms with van der Waals surface area (Å²) in [4.78, 5) is 64.6. The highest BCUT2D eigenvalue weighted by molar-refractivity contribution is 5.98. The van der Waals surface area contributed by atoms with Gasteiger partial charge in [-0.1, -0.05) is 48.5 Å². The number of aromatic amines is 1. The van der Waals surface area contributed by atoms with Crippen molar-refractivity contribution in [1.82, 2.24) is 25.2 Å². The number of nitrogens with two attached hydrogens (primary N) is 1. The normalized spacial score (nSPS) is 16.1. The third-order valence-corrected chi connectivity index (χ3v) is 8.06. The molecule has 0 spiro atoms. The summed E-state index contributed by atoms with van der Waals surface area (Å²) in [5.41, 5.74) is 6.46. The molecule has 2 aromatic heterocycles. The lowest BCUT2D eigenvalue weighted by atomic mass is 9.82. The molecule has 1 aliphatic heterocycles. The first-order valence-electron chi connectivity index (χ1n) is 16.0. The zero-order chi connectivity index (χ0) is 40.5. The number of benzene rings is 2. The Bertz CT molecular complexity index is 1890. The van der Waals surface area contributed by atoms with Gasteiger partial charge in [-0.15, -0.1) is 0 Å². The Morgan fingerprint density at radius 2 is 1.56 bits per heavy atom. The van der Waals surface area contributed by atoms with Crippen molar-refractivity contribution in [3.05, 3.63) is 84.4 Å². The molecular weight excluding hydrogens is 732 g/mol. The molecule has 1 aliphatic rings. The third-order valence-electron chi connectivity index (χ3n) is 8.06. The van der Waals surface area contributed by atoms with Crippen molar-refractivity contribution < 1.29 is 60.5 Å². The van der Waals surface area contributed by atoms with E-state index < -0.39 is 53.2 Å². The Morgan fingerprint density at radius 3 is 2.07 bits per heavy atom. The van der Waals surface area contributed by atoms with Crippen molar-refractivity contribution in [1.29, 1.82) is 0 Å². The van der Waals surface area contributed by atoms with Crippen LogP contribution in [0.25, 0.3) is 10.9 Å². The number of fused-ring (bicyclic) bond motifs is 1. The summed E-state index contributed by atoms with van der Waals surface area (Å²) in [6, 6.07) is 16.3. The van der Waals surface area contributed by atoms with Gasteiger partial charge in [0.25, 0.3) is 0 Å². The molecule has 54 heavy (non-hydrogen) atoms. The molecule has 4 aromatic rings. The average molecular weight is 770 g/mol. The highest BCUT2D eigenvalue weighted by atomic mass is 19.4. The lowest BCUT2D eigenvalue weighted by Crippen LogP contribution is -2.55. The van der Waals surface area contributed by atoms with E-state index in [1.54, 1.807) is 30.9 Å². The number of alkyl halides is 6. The third kappa shape index (κ3) is 10.9. The van der Waals surface area contributed by atoms with Gasteiger partial charge in [0.1, 0.15) is 11.6 Å². The van der Waals surface area contributed by atoms with Crippen molar-refractivity contribution in [2.75, 3.05) is 11.9 Å². The predicted molar refractivity (Wildman–Crippen MR) is 181 cm³/mol. The number of carbonyl (C=O) groups excluding carboxylic acids is 3. The van der Waals surface area contributed by atoms with Crippen molar-refractivity contribution in [2.24, 2.45) is 5.73 Å². The molecule has 0 radical (unpaired) electrons. The van der Waals surface area contributed by atoms with Crippen LogP contribution in [0, 0.1) is 0 Å². The zero-order valence-electron chi connectivity index (χ0n) is 28.7. The van der Waals surface area contributed by atoms with Gasteiger partial charge in [-0.05, 0) is 50.4 Å². The first-order chi connectivity index (χ1) is 25.1. The monoisotopic (exact) mass is 769 g/mol. The molecule has 20 heteroatoms. The molecule has 2 amide bonds. The van der Waals surface area contributed by atoms with Crippen LogP contribution < -0.4 is 21.7 Å². The number of H-pyrrole nitrogens is 1. The molecule has 0 bridgehead atoms. The minimum Gasteiger partial charge on any atom is -0.475 e. The molecule has 5 rings (SSSR count). The summed E-state index contributed by atoms with van der Waals surface area (Å²) in [5, 5.41) is 24.3. The van der Waals surface area contributed by atoms with Gasteiger partial charge in [0, 0.05) is 35.8 Å². The fraction of sp³-hybridized carbons (Fsp3) is 0.353. The summed E-state index contributed by atoms with van der Waals surface area (Å²) in [7, 11) is 0. The number of nitrogens with one attached hydrogen (secondary N) is 4. The number of rotatable bonds is 10. The van der Waals surface area contributed by atoms with Crippen LogP contribution in [0.3, 0.4) is 0 Å². The number of nitrogens with zero attached hydrogens (tertiary/aromatic N) is 2. The van der Waals surface area contributed by atoms with Crippen molar-refractivity contribution in [3.63, 3.8) is 0 Å². The van der Waals surface area contributed by atoms with Crippen LogP contribution in [0.2, 0.25) is 0 Å². The molecule has 1 fully saturated rings. The molecule has 14 nitrogen and oxygen atoms in total. The SMILES string of the molecule is CC(C)(N)C(=O)N[C@H](Cc1c[nH]c2ccccc12)C(=O)Nc1cn(C(C=O)(c2ccccc2)C2CCCN2)cn1.O=C(O)C(F)(F)F.O=C(O)C(F)(F)F. The van der Waals surface area contributed by atoms with Crippen LogP contribution >= 0.6 is 0 Å². The van der Waals surface area contributed by atoms with Gasteiger partial charge in [-0.2, -0.15) is 26.3 Å². The quantitative estimate of drug-likeness (QED) is 0.0915. The highest BCUT2D eigenvalue weighted by Gasteiger charge is 2.44. The smallest absolute Gasteiger partial charge is 0.475 e. The number of para-hydroxylation sites is 1. The predicted octanol–water partition coefficient (Wildman–Crippen LogP) is 3.73. The number of aliphatic carboxylic acids is 2. The van der Waals surface area contributed by atoms with Crippen molar-refractivity contribution in [2.45, 2.75) is 68.6 Å². The van der Waals surface area contributed by atoms with E-state index in [2.05, 4.69) is 25.9 Å². The topological polar surface area (TPSA) is 222 Å². The van der Waals surface area contributed by atoms with Crippen LogP contribution in [-0.2, 0) is 35.9 Å². The fourth-order valence-corrected chi connectivity index (χ4v) is 5.38. The Morgan fingerprint density at radius 1 is 0.981 bits per heavy atom. The maximum atomic E-state index is 13.6. The summed E-state index contributed by atoms with van der Waals surface area (Å²) in [6.45, 7) is 3.99. The van der Waals surface area contributed by atoms with Gasteiger partial charge in [-0.3, -0.25) is 9.59 Å². The number of aromatic nitrogens is 3. The number of hydrogen-bond acceptors (Lipinski definition) is 8. The van der Waals surface area contributed by atoms with Gasteiger partial charge >= 0.3 is 24.3 Å². The number of carboxylic acid groups (broad SMARTS) is 2. The van der Waals surface area contributed by atoms with Gasteiger partial charge in [-0.25, -0.2) is 14.6 Å². The van der Waals surface area contributed by atoms with Crippen LogP contribution in [0.5, 0.6) is 0 Å². The average Bonchev–Trinajstić information content (AvgIpc) is 3.88. The first-order valence-corrected chi connectivity index (χ1v) is 16.0. The second-order valence-corrected chi connectivity index (χ2v) is 12.5. The number of anilines is 1. The molecule has 3 heterocycles. The van der Waals surface area contributed by atoms with E-state index in [-0.39, 0.29) is 18.3 Å². The fourth-order valence-electron chi connectivity index (χ4n) is 5.38. The van der Waals surface area contributed by atoms with E-state index >= 15 is 0 Å². The van der Waals surface area contributed by atoms with Gasteiger partial charge < -0.3 is 46.2 Å². The molecule has 1 saturated heterocycles. The summed E-state index contributed by atoms with van der Waals surface area (Å²) in [5.74, 6) is -6.13. The van der Waals surface area contributed by atoms with Gasteiger partial charge in [0.05, 0.1) is 11.9 Å². The molecule has 0 saturated carbocycles. The number of aldehydes is 1. The van der Waals surface area contributed by atoms with E-state index in [1.807, 2.05) is 60.8 Å². The minimum absolute atomic E-state index is 0.133. The maximum absolute atomic E-state index is 13.6. The number of carboxylic acids is 2. The maximum Gasteiger partial charge on any atom is 0.490 e. The van der Waals surface area contributed by atoms with E-state index in [0.29, 0.717) is 0 Å². The zero-order valence-corrected chi connectivity index (χ0v) is 28.7. The Balaban J connectivity index is 0.000000476. The summed E-state index contributed by atoms with van der Waals surface area (Å²) in [6.07, 6.45) is -2.13. The number of imidazole rings is 1. The van der Waals surface area contributed by atoms with Crippen LogP contribution in [0.4, 0.5) is 32.2 Å². The lowest BCUT2D eigenvalue weighted by Gasteiger charge is -2.36. The number of amides is 2. The van der Waals surface area contributed by atoms with Gasteiger partial charge in [0.2, 0.25) is 11.8 Å². The Labute approximate surface area is 303 Å². The second-order valence-electron chi connectivity index (χ2n) is 12.5. The number of carbonyl (C=O) groups is 5. The molecule has 2 aromatic carbocycles. The molecular formula is C34H37F6N7O7. The van der Waals surface area contributed by atoms with Crippen molar-refractivity contribution >= 4 is 46.8 Å². The Hall–Kier alpha value is -5.76. The largest absolute Gasteiger partial charge is 0.490 e. The first kappa shape index (κ1) is 42.7. The second kappa shape index (κ2) is 17.4. The van der Waals surface area contributed by atoms with E-state index in [4.69, 9.17) is 25.5 Å². The highest BCUT2D eigenvalue weighted by Crippen LogP contribution is 2.33. The van der Waals surface area contributed by atoms with Gasteiger partial charge in [0.15, 0.2) is 12.1 Å². The van der Waals surface area contributed by atoms with Crippen LogP contribution in [0.15, 0.2) is 73.3 Å². The minimum atomic E-state index is -5.08. The number of hydrogen-bond donors (Lipinski definition) is 7. The standard InChI is InChI=1S/C30H35N7O3.2C2HF3O2/c1-29(2,31)28(40)35-24(15-20-16-33-23-12-7-6-11-22(20)23)27(39)36-26-17-37(19-34-26)30(18-38,25-13-8-14-32-25)21-9-4-3-5-10-21;2*3-2(4,5)1(6)7/h3-7,9-12,16-19,24-25,32-33H,8,13-15,31H2,1-2H3,(H,35,40)(H,36,39);2*(H,6,7)/t24-,25?,30?;;/m1../s1. The lowest BCUT2D eigenvalue weighted by molar-refractivity contribution is -0.193. The van der Waals surface area contributed by atoms with E-state index in [1.165, 1.54) is 0 Å². The number of halogens is 6. The molecule has 292 valence electrons. The van der Waals surface area contributed by atoms with E-state index in [9.17, 15) is 40.7 Å². The van der Waals surface area contributed by atoms with Crippen molar-refractivity contribution in [3.8, 4) is 0 Å². The van der Waals surface area contributed by atoms with Crippen LogP contribution in [-0.4, -0.2) is 91.3 Å². The molecule has 3 atom stereocenters. The molecule has 2 unspecified atom stereocenters. The molecule has 8 N–H and O–H groups in total.